The largest absolute Gasteiger partial charge is 0.342 e. The summed E-state index contributed by atoms with van der Waals surface area (Å²) in [6.07, 6.45) is 0. The summed E-state index contributed by atoms with van der Waals surface area (Å²) < 4.78 is 24.9. The van der Waals surface area contributed by atoms with Crippen molar-refractivity contribution in [3.05, 3.63) is 71.8 Å². The van der Waals surface area contributed by atoms with Gasteiger partial charge in [-0.15, -0.1) is 0 Å². The molecule has 0 aromatic heterocycles. The van der Waals surface area contributed by atoms with Crippen LogP contribution < -0.4 is 0 Å². The Labute approximate surface area is 143 Å². The molecular formula is C20H24O4. The van der Waals surface area contributed by atoms with E-state index in [1.165, 1.54) is 0 Å². The summed E-state index contributed by atoms with van der Waals surface area (Å²) in [6.45, 7) is 5.72. The quantitative estimate of drug-likeness (QED) is 0.808. The number of benzene rings is 2. The van der Waals surface area contributed by atoms with Gasteiger partial charge < -0.3 is 18.9 Å². The zero-order valence-electron chi connectivity index (χ0n) is 14.2. The van der Waals surface area contributed by atoms with Crippen molar-refractivity contribution in [2.75, 3.05) is 26.4 Å². The Bertz CT molecular complexity index is 565. The van der Waals surface area contributed by atoms with E-state index in [0.717, 1.165) is 11.1 Å². The van der Waals surface area contributed by atoms with Crippen LogP contribution in [0.1, 0.15) is 25.0 Å². The highest BCUT2D eigenvalue weighted by Crippen LogP contribution is 2.50. The van der Waals surface area contributed by atoms with Crippen molar-refractivity contribution in [3.8, 4) is 0 Å². The highest BCUT2D eigenvalue weighted by atomic mass is 16.8. The third-order valence-electron chi connectivity index (χ3n) is 4.13. The first-order chi connectivity index (χ1) is 11.8. The fourth-order valence-corrected chi connectivity index (χ4v) is 3.27. The van der Waals surface area contributed by atoms with Crippen LogP contribution in [-0.2, 0) is 30.5 Å². The lowest BCUT2D eigenvalue weighted by Gasteiger charge is -2.51. The van der Waals surface area contributed by atoms with Gasteiger partial charge in [-0.2, -0.15) is 0 Å². The standard InChI is InChI=1S/C20H24O4/c1-3-21-19(17-11-7-5-8-12-17)20(22-4-2,24-16-15-23-19)18-13-9-6-10-14-18/h5-14H,3-4,15-16H2,1-2H3/t19-,20+. The molecule has 1 fully saturated rings. The van der Waals surface area contributed by atoms with Crippen LogP contribution >= 0.6 is 0 Å². The maximum atomic E-state index is 6.24. The van der Waals surface area contributed by atoms with Crippen LogP contribution in [0.3, 0.4) is 0 Å². The van der Waals surface area contributed by atoms with Crippen molar-refractivity contribution in [2.45, 2.75) is 25.4 Å². The van der Waals surface area contributed by atoms with Gasteiger partial charge in [0.15, 0.2) is 0 Å². The van der Waals surface area contributed by atoms with E-state index >= 15 is 0 Å². The molecule has 0 radical (unpaired) electrons. The summed E-state index contributed by atoms with van der Waals surface area (Å²) in [5, 5.41) is 0. The maximum Gasteiger partial charge on any atom is 0.256 e. The van der Waals surface area contributed by atoms with Gasteiger partial charge in [-0.25, -0.2) is 0 Å². The predicted octanol–water partition coefficient (Wildman–Crippen LogP) is 3.81. The maximum absolute atomic E-state index is 6.24. The third-order valence-corrected chi connectivity index (χ3v) is 4.13. The minimum atomic E-state index is -1.15. The molecule has 3 rings (SSSR count). The van der Waals surface area contributed by atoms with E-state index in [1.807, 2.05) is 74.5 Å². The molecule has 0 unspecified atom stereocenters. The summed E-state index contributed by atoms with van der Waals surface area (Å²) >= 11 is 0. The van der Waals surface area contributed by atoms with Gasteiger partial charge in [0.1, 0.15) is 0 Å². The van der Waals surface area contributed by atoms with Gasteiger partial charge in [0.05, 0.1) is 13.2 Å². The van der Waals surface area contributed by atoms with Crippen LogP contribution in [0.25, 0.3) is 0 Å². The smallest absolute Gasteiger partial charge is 0.256 e. The van der Waals surface area contributed by atoms with E-state index in [2.05, 4.69) is 0 Å². The van der Waals surface area contributed by atoms with Crippen LogP contribution in [0.2, 0.25) is 0 Å². The zero-order chi connectivity index (χ0) is 16.9. The first-order valence-electron chi connectivity index (χ1n) is 8.46. The van der Waals surface area contributed by atoms with Gasteiger partial charge in [0.25, 0.3) is 11.6 Å². The van der Waals surface area contributed by atoms with Gasteiger partial charge in [-0.3, -0.25) is 0 Å². The molecule has 0 amide bonds. The number of ether oxygens (including phenoxy) is 4. The van der Waals surface area contributed by atoms with Gasteiger partial charge in [0.2, 0.25) is 0 Å². The summed E-state index contributed by atoms with van der Waals surface area (Å²) in [5.74, 6) is -2.31. The Morgan fingerprint density at radius 1 is 0.708 bits per heavy atom. The molecule has 0 bridgehead atoms. The molecule has 1 heterocycles. The monoisotopic (exact) mass is 328 g/mol. The average molecular weight is 328 g/mol. The van der Waals surface area contributed by atoms with E-state index in [1.54, 1.807) is 0 Å². The molecule has 2 aromatic rings. The van der Waals surface area contributed by atoms with Crippen molar-refractivity contribution in [3.63, 3.8) is 0 Å². The molecule has 1 aliphatic heterocycles. The highest BCUT2D eigenvalue weighted by molar-refractivity contribution is 5.31. The van der Waals surface area contributed by atoms with Crippen molar-refractivity contribution in [1.29, 1.82) is 0 Å². The SMILES string of the molecule is CCO[C@@]1(c2ccccc2)OCCO[C@]1(OCC)c1ccccc1. The fourth-order valence-electron chi connectivity index (χ4n) is 3.27. The Hall–Kier alpha value is -1.72. The van der Waals surface area contributed by atoms with Gasteiger partial charge in [-0.1, -0.05) is 60.7 Å². The lowest BCUT2D eigenvalue weighted by atomic mass is 9.89. The number of hydrogen-bond acceptors (Lipinski definition) is 4. The highest BCUT2D eigenvalue weighted by Gasteiger charge is 2.61. The molecule has 0 N–H and O–H groups in total. The molecule has 4 heteroatoms. The minimum absolute atomic E-state index is 0.441. The minimum Gasteiger partial charge on any atom is -0.342 e. The molecule has 4 nitrogen and oxygen atoms in total. The van der Waals surface area contributed by atoms with Crippen LogP contribution in [0.4, 0.5) is 0 Å². The molecule has 24 heavy (non-hydrogen) atoms. The molecule has 2 atom stereocenters. The van der Waals surface area contributed by atoms with Crippen LogP contribution in [0.5, 0.6) is 0 Å². The summed E-state index contributed by atoms with van der Waals surface area (Å²) in [6, 6.07) is 19.8. The topological polar surface area (TPSA) is 36.9 Å². The van der Waals surface area contributed by atoms with Crippen LogP contribution in [0, 0.1) is 0 Å². The molecule has 128 valence electrons. The van der Waals surface area contributed by atoms with E-state index in [0.29, 0.717) is 26.4 Å². The Morgan fingerprint density at radius 3 is 1.42 bits per heavy atom. The molecule has 0 saturated carbocycles. The van der Waals surface area contributed by atoms with Crippen LogP contribution in [-0.4, -0.2) is 26.4 Å². The van der Waals surface area contributed by atoms with Gasteiger partial charge in [-0.05, 0) is 13.8 Å². The molecule has 0 spiro atoms. The van der Waals surface area contributed by atoms with Crippen molar-refractivity contribution in [1.82, 2.24) is 0 Å². The molecular weight excluding hydrogens is 304 g/mol. The lowest BCUT2D eigenvalue weighted by Crippen LogP contribution is -2.60. The Morgan fingerprint density at radius 2 is 1.08 bits per heavy atom. The normalized spacial score (nSPS) is 27.1. The second-order valence-corrected chi connectivity index (χ2v) is 5.53. The summed E-state index contributed by atoms with van der Waals surface area (Å²) in [7, 11) is 0. The summed E-state index contributed by atoms with van der Waals surface area (Å²) in [5.41, 5.74) is 1.76. The first kappa shape index (κ1) is 17.1. The second-order valence-electron chi connectivity index (χ2n) is 5.53. The molecule has 1 aliphatic rings. The third kappa shape index (κ3) is 2.76. The van der Waals surface area contributed by atoms with E-state index in [9.17, 15) is 0 Å². The summed E-state index contributed by atoms with van der Waals surface area (Å²) in [4.78, 5) is 0. The number of hydrogen-bond donors (Lipinski definition) is 0. The number of rotatable bonds is 6. The fraction of sp³-hybridized carbons (Fsp3) is 0.400. The van der Waals surface area contributed by atoms with E-state index < -0.39 is 11.6 Å². The van der Waals surface area contributed by atoms with Gasteiger partial charge in [0, 0.05) is 24.3 Å². The lowest BCUT2D eigenvalue weighted by molar-refractivity contribution is -0.456. The molecule has 1 saturated heterocycles. The zero-order valence-corrected chi connectivity index (χ0v) is 14.2. The Balaban J connectivity index is 2.22. The predicted molar refractivity (Wildman–Crippen MR) is 91.4 cm³/mol. The molecule has 2 aromatic carbocycles. The van der Waals surface area contributed by atoms with E-state index in [4.69, 9.17) is 18.9 Å². The Kier molecular flexibility index (Phi) is 5.31. The van der Waals surface area contributed by atoms with E-state index in [-0.39, 0.29) is 0 Å². The van der Waals surface area contributed by atoms with Crippen molar-refractivity contribution >= 4 is 0 Å². The average Bonchev–Trinajstić information content (AvgIpc) is 2.65. The second kappa shape index (κ2) is 7.45. The van der Waals surface area contributed by atoms with Crippen molar-refractivity contribution < 1.29 is 18.9 Å². The molecule has 0 aliphatic carbocycles. The first-order valence-corrected chi connectivity index (χ1v) is 8.46. The van der Waals surface area contributed by atoms with Gasteiger partial charge >= 0.3 is 0 Å². The van der Waals surface area contributed by atoms with Crippen molar-refractivity contribution in [2.24, 2.45) is 0 Å². The van der Waals surface area contributed by atoms with Crippen LogP contribution in [0.15, 0.2) is 60.7 Å².